The van der Waals surface area contributed by atoms with Crippen molar-refractivity contribution in [1.29, 1.82) is 0 Å². The molecule has 2 aromatic rings. The summed E-state index contributed by atoms with van der Waals surface area (Å²) in [6.07, 6.45) is 0. The minimum Gasteiger partial charge on any atom is -0.325 e. The van der Waals surface area contributed by atoms with Gasteiger partial charge in [-0.15, -0.1) is 0 Å². The highest BCUT2D eigenvalue weighted by Gasteiger charge is 2.27. The number of rotatable bonds is 3. The Morgan fingerprint density at radius 1 is 1.17 bits per heavy atom. The summed E-state index contributed by atoms with van der Waals surface area (Å²) in [5.41, 5.74) is 2.11. The predicted molar refractivity (Wildman–Crippen MR) is 85.4 cm³/mol. The molecule has 0 aromatic heterocycles. The summed E-state index contributed by atoms with van der Waals surface area (Å²) in [5.74, 6) is -0.936. The number of fused-ring (bicyclic) bond motifs is 1. The summed E-state index contributed by atoms with van der Waals surface area (Å²) < 4.78 is 40.5. The molecule has 5 nitrogen and oxygen atoms in total. The average molecular weight is 334 g/mol. The number of benzene rings is 2. The molecule has 0 spiro atoms. The Labute approximate surface area is 133 Å². The summed E-state index contributed by atoms with van der Waals surface area (Å²) >= 11 is 0. The van der Waals surface area contributed by atoms with E-state index in [1.165, 1.54) is 19.1 Å². The summed E-state index contributed by atoms with van der Waals surface area (Å²) in [7, 11) is -3.83. The second kappa shape index (κ2) is 5.34. The van der Waals surface area contributed by atoms with Crippen LogP contribution >= 0.6 is 0 Å². The SMILES string of the molecule is Cc1cc(F)ccc1S(=O)(=O)Nc1ccc2c(c1)C(C)C(=O)N2. The first-order valence-electron chi connectivity index (χ1n) is 7.02. The van der Waals surface area contributed by atoms with Crippen molar-refractivity contribution in [3.8, 4) is 0 Å². The fraction of sp³-hybridized carbons (Fsp3) is 0.188. The Hall–Kier alpha value is -2.41. The molecule has 3 rings (SSSR count). The van der Waals surface area contributed by atoms with Crippen molar-refractivity contribution in [3.63, 3.8) is 0 Å². The van der Waals surface area contributed by atoms with E-state index in [0.717, 1.165) is 11.6 Å². The van der Waals surface area contributed by atoms with Crippen molar-refractivity contribution >= 4 is 27.3 Å². The van der Waals surface area contributed by atoms with Gasteiger partial charge in [0.2, 0.25) is 5.91 Å². The summed E-state index contributed by atoms with van der Waals surface area (Å²) in [6.45, 7) is 3.29. The minimum absolute atomic E-state index is 0.0154. The Bertz CT molecular complexity index is 910. The molecular weight excluding hydrogens is 319 g/mol. The van der Waals surface area contributed by atoms with Crippen molar-refractivity contribution in [2.45, 2.75) is 24.7 Å². The molecule has 2 N–H and O–H groups in total. The molecule has 0 aliphatic carbocycles. The first-order chi connectivity index (χ1) is 10.8. The van der Waals surface area contributed by atoms with E-state index in [-0.39, 0.29) is 16.7 Å². The number of halogens is 1. The van der Waals surface area contributed by atoms with Gasteiger partial charge in [0.15, 0.2) is 0 Å². The average Bonchev–Trinajstić information content (AvgIpc) is 2.73. The largest absolute Gasteiger partial charge is 0.325 e. The maximum absolute atomic E-state index is 13.1. The second-order valence-corrected chi connectivity index (χ2v) is 7.18. The van der Waals surface area contributed by atoms with Gasteiger partial charge in [-0.2, -0.15) is 0 Å². The lowest BCUT2D eigenvalue weighted by atomic mass is 10.0. The van der Waals surface area contributed by atoms with E-state index < -0.39 is 15.8 Å². The van der Waals surface area contributed by atoms with Crippen molar-refractivity contribution in [1.82, 2.24) is 0 Å². The Kier molecular flexibility index (Phi) is 3.60. The number of hydrogen-bond acceptors (Lipinski definition) is 3. The molecule has 1 heterocycles. The van der Waals surface area contributed by atoms with E-state index in [1.807, 2.05) is 0 Å². The third-order valence-corrected chi connectivity index (χ3v) is 5.39. The van der Waals surface area contributed by atoms with Gasteiger partial charge >= 0.3 is 0 Å². The van der Waals surface area contributed by atoms with Gasteiger partial charge in [0.25, 0.3) is 10.0 Å². The molecule has 0 fully saturated rings. The number of nitrogens with one attached hydrogen (secondary N) is 2. The summed E-state index contributed by atoms with van der Waals surface area (Å²) in [6, 6.07) is 8.37. The third kappa shape index (κ3) is 2.79. The van der Waals surface area contributed by atoms with Crippen LogP contribution in [0.4, 0.5) is 15.8 Å². The van der Waals surface area contributed by atoms with Crippen LogP contribution in [0.5, 0.6) is 0 Å². The molecule has 120 valence electrons. The molecule has 0 saturated carbocycles. The van der Waals surface area contributed by atoms with Gasteiger partial charge in [0.05, 0.1) is 10.8 Å². The molecule has 7 heteroatoms. The Morgan fingerprint density at radius 2 is 1.91 bits per heavy atom. The number of carbonyl (C=O) groups excluding carboxylic acids is 1. The molecule has 0 radical (unpaired) electrons. The highest BCUT2D eigenvalue weighted by atomic mass is 32.2. The van der Waals surface area contributed by atoms with Crippen LogP contribution in [0.1, 0.15) is 24.0 Å². The van der Waals surface area contributed by atoms with E-state index in [4.69, 9.17) is 0 Å². The zero-order chi connectivity index (χ0) is 16.8. The van der Waals surface area contributed by atoms with E-state index >= 15 is 0 Å². The second-order valence-electron chi connectivity index (χ2n) is 5.53. The number of carbonyl (C=O) groups is 1. The standard InChI is InChI=1S/C16H15FN2O3S/c1-9-7-11(17)3-6-15(9)23(21,22)19-12-4-5-14-13(8-12)10(2)16(20)18-14/h3-8,10,19H,1-2H3,(H,18,20). The monoisotopic (exact) mass is 334 g/mol. The number of aryl methyl sites for hydroxylation is 1. The molecule has 1 aliphatic heterocycles. The fourth-order valence-electron chi connectivity index (χ4n) is 2.60. The number of anilines is 2. The van der Waals surface area contributed by atoms with Gasteiger partial charge in [-0.3, -0.25) is 9.52 Å². The molecule has 0 bridgehead atoms. The smallest absolute Gasteiger partial charge is 0.262 e. The molecular formula is C16H15FN2O3S. The maximum atomic E-state index is 13.1. The third-order valence-electron chi connectivity index (χ3n) is 3.85. The molecule has 23 heavy (non-hydrogen) atoms. The zero-order valence-electron chi connectivity index (χ0n) is 12.6. The highest BCUT2D eigenvalue weighted by Crippen LogP contribution is 2.34. The van der Waals surface area contributed by atoms with E-state index in [2.05, 4.69) is 10.0 Å². The van der Waals surface area contributed by atoms with Crippen molar-refractivity contribution in [2.75, 3.05) is 10.0 Å². The Morgan fingerprint density at radius 3 is 2.61 bits per heavy atom. The fourth-order valence-corrected chi connectivity index (χ4v) is 3.88. The van der Waals surface area contributed by atoms with Crippen LogP contribution in [0.3, 0.4) is 0 Å². The van der Waals surface area contributed by atoms with Gasteiger partial charge in [0, 0.05) is 11.4 Å². The quantitative estimate of drug-likeness (QED) is 0.906. The van der Waals surface area contributed by atoms with Gasteiger partial charge in [-0.05, 0) is 61.4 Å². The van der Waals surface area contributed by atoms with Crippen LogP contribution in [-0.2, 0) is 14.8 Å². The van der Waals surface area contributed by atoms with Crippen LogP contribution < -0.4 is 10.0 Å². The van der Waals surface area contributed by atoms with Gasteiger partial charge in [-0.25, -0.2) is 12.8 Å². The van der Waals surface area contributed by atoms with Gasteiger partial charge < -0.3 is 5.32 Å². The molecule has 0 saturated heterocycles. The molecule has 1 atom stereocenters. The summed E-state index contributed by atoms with van der Waals surface area (Å²) in [4.78, 5) is 11.7. The van der Waals surface area contributed by atoms with E-state index in [9.17, 15) is 17.6 Å². The maximum Gasteiger partial charge on any atom is 0.262 e. The summed E-state index contributed by atoms with van der Waals surface area (Å²) in [5, 5.41) is 2.73. The Balaban J connectivity index is 1.94. The zero-order valence-corrected chi connectivity index (χ0v) is 13.4. The van der Waals surface area contributed by atoms with Crippen LogP contribution in [0, 0.1) is 12.7 Å². The molecule has 2 aromatic carbocycles. The first-order valence-corrected chi connectivity index (χ1v) is 8.50. The van der Waals surface area contributed by atoms with Crippen LogP contribution in [-0.4, -0.2) is 14.3 Å². The predicted octanol–water partition coefficient (Wildman–Crippen LogP) is 2.99. The van der Waals surface area contributed by atoms with Crippen LogP contribution in [0.25, 0.3) is 0 Å². The lowest BCUT2D eigenvalue weighted by Gasteiger charge is -2.12. The lowest BCUT2D eigenvalue weighted by Crippen LogP contribution is -2.14. The number of sulfonamides is 1. The van der Waals surface area contributed by atoms with Gasteiger partial charge in [0.1, 0.15) is 5.82 Å². The van der Waals surface area contributed by atoms with Crippen molar-refractivity contribution < 1.29 is 17.6 Å². The number of amides is 1. The molecule has 1 aliphatic rings. The van der Waals surface area contributed by atoms with Gasteiger partial charge in [-0.1, -0.05) is 0 Å². The van der Waals surface area contributed by atoms with Crippen molar-refractivity contribution in [3.05, 3.63) is 53.3 Å². The minimum atomic E-state index is -3.83. The number of hydrogen-bond donors (Lipinski definition) is 2. The lowest BCUT2D eigenvalue weighted by molar-refractivity contribution is -0.116. The topological polar surface area (TPSA) is 75.3 Å². The van der Waals surface area contributed by atoms with E-state index in [0.29, 0.717) is 16.9 Å². The van der Waals surface area contributed by atoms with E-state index in [1.54, 1.807) is 25.1 Å². The van der Waals surface area contributed by atoms with Crippen LogP contribution in [0.2, 0.25) is 0 Å². The van der Waals surface area contributed by atoms with Crippen LogP contribution in [0.15, 0.2) is 41.3 Å². The van der Waals surface area contributed by atoms with Crippen molar-refractivity contribution in [2.24, 2.45) is 0 Å². The first kappa shape index (κ1) is 15.5. The molecule has 1 unspecified atom stereocenters. The normalized spacial score (nSPS) is 16.8. The highest BCUT2D eigenvalue weighted by molar-refractivity contribution is 7.92. The molecule has 1 amide bonds.